The predicted octanol–water partition coefficient (Wildman–Crippen LogP) is 4.00. The highest BCUT2D eigenvalue weighted by atomic mass is 79.9. The number of rotatable bonds is 5. The van der Waals surface area contributed by atoms with Crippen LogP contribution in [-0.2, 0) is 0 Å². The van der Waals surface area contributed by atoms with Gasteiger partial charge in [0.1, 0.15) is 0 Å². The van der Waals surface area contributed by atoms with E-state index in [1.165, 1.54) is 15.6 Å². The third kappa shape index (κ3) is 3.23. The summed E-state index contributed by atoms with van der Waals surface area (Å²) in [5.74, 6) is 0. The van der Waals surface area contributed by atoms with Crippen LogP contribution in [0, 0.1) is 13.8 Å². The molecule has 96 valence electrons. The molecule has 0 amide bonds. The largest absolute Gasteiger partial charge is 0.378 e. The standard InChI is InChI=1S/C14H23BrN2/c1-5-14(6-2,9-16)17-12-7-10(3)13(15)11(4)8-12/h7-8,17H,5-6,9,16H2,1-4H3. The first-order valence-electron chi connectivity index (χ1n) is 6.23. The zero-order valence-electron chi connectivity index (χ0n) is 11.2. The normalized spacial score (nSPS) is 11.6. The summed E-state index contributed by atoms with van der Waals surface area (Å²) >= 11 is 3.59. The third-order valence-electron chi connectivity index (χ3n) is 3.59. The third-order valence-corrected chi connectivity index (χ3v) is 4.84. The van der Waals surface area contributed by atoms with Crippen LogP contribution < -0.4 is 11.1 Å². The Hall–Kier alpha value is -0.540. The van der Waals surface area contributed by atoms with Gasteiger partial charge in [0, 0.05) is 22.2 Å². The Kier molecular flexibility index (Phi) is 5.02. The molecule has 0 spiro atoms. The topological polar surface area (TPSA) is 38.0 Å². The van der Waals surface area contributed by atoms with Crippen LogP contribution in [-0.4, -0.2) is 12.1 Å². The van der Waals surface area contributed by atoms with E-state index in [1.54, 1.807) is 0 Å². The van der Waals surface area contributed by atoms with Crippen LogP contribution in [0.4, 0.5) is 5.69 Å². The maximum absolute atomic E-state index is 5.91. The molecular formula is C14H23BrN2. The molecule has 0 fully saturated rings. The lowest BCUT2D eigenvalue weighted by Gasteiger charge is -2.33. The quantitative estimate of drug-likeness (QED) is 0.862. The van der Waals surface area contributed by atoms with Gasteiger partial charge in [0.05, 0.1) is 0 Å². The van der Waals surface area contributed by atoms with Crippen LogP contribution in [0.2, 0.25) is 0 Å². The molecule has 0 heterocycles. The van der Waals surface area contributed by atoms with E-state index in [4.69, 9.17) is 5.73 Å². The summed E-state index contributed by atoms with van der Waals surface area (Å²) in [7, 11) is 0. The number of halogens is 1. The molecular weight excluding hydrogens is 276 g/mol. The Balaban J connectivity index is 3.02. The van der Waals surface area contributed by atoms with Crippen molar-refractivity contribution in [2.75, 3.05) is 11.9 Å². The monoisotopic (exact) mass is 298 g/mol. The van der Waals surface area contributed by atoms with Crippen LogP contribution in [0.25, 0.3) is 0 Å². The van der Waals surface area contributed by atoms with Crippen LogP contribution in [0.1, 0.15) is 37.8 Å². The van der Waals surface area contributed by atoms with Gasteiger partial charge >= 0.3 is 0 Å². The fourth-order valence-electron chi connectivity index (χ4n) is 2.09. The second-order valence-corrected chi connectivity index (χ2v) is 5.53. The van der Waals surface area contributed by atoms with E-state index >= 15 is 0 Å². The average Bonchev–Trinajstić information content (AvgIpc) is 2.33. The van der Waals surface area contributed by atoms with Gasteiger partial charge in [-0.25, -0.2) is 0 Å². The number of benzene rings is 1. The van der Waals surface area contributed by atoms with E-state index in [1.807, 2.05) is 0 Å². The van der Waals surface area contributed by atoms with Crippen molar-refractivity contribution in [3.63, 3.8) is 0 Å². The van der Waals surface area contributed by atoms with Crippen molar-refractivity contribution in [2.45, 2.75) is 46.1 Å². The van der Waals surface area contributed by atoms with Gasteiger partial charge in [-0.2, -0.15) is 0 Å². The van der Waals surface area contributed by atoms with Crippen molar-refractivity contribution in [3.8, 4) is 0 Å². The molecule has 3 N–H and O–H groups in total. The molecule has 0 saturated heterocycles. The molecule has 0 saturated carbocycles. The second-order valence-electron chi connectivity index (χ2n) is 4.74. The number of hydrogen-bond donors (Lipinski definition) is 2. The van der Waals surface area contributed by atoms with E-state index in [2.05, 4.69) is 61.1 Å². The average molecular weight is 299 g/mol. The van der Waals surface area contributed by atoms with Gasteiger partial charge in [-0.1, -0.05) is 29.8 Å². The molecule has 0 aliphatic rings. The van der Waals surface area contributed by atoms with Crippen LogP contribution >= 0.6 is 15.9 Å². The molecule has 0 radical (unpaired) electrons. The Morgan fingerprint density at radius 2 is 1.65 bits per heavy atom. The summed E-state index contributed by atoms with van der Waals surface area (Å²) in [4.78, 5) is 0. The number of anilines is 1. The van der Waals surface area contributed by atoms with Gasteiger partial charge in [0.2, 0.25) is 0 Å². The van der Waals surface area contributed by atoms with Gasteiger partial charge in [-0.05, 0) is 49.9 Å². The van der Waals surface area contributed by atoms with E-state index in [9.17, 15) is 0 Å². The van der Waals surface area contributed by atoms with Crippen LogP contribution in [0.3, 0.4) is 0 Å². The molecule has 1 rings (SSSR count). The zero-order valence-corrected chi connectivity index (χ0v) is 12.8. The minimum atomic E-state index is 0.0205. The van der Waals surface area contributed by atoms with Crippen molar-refractivity contribution in [1.82, 2.24) is 0 Å². The first-order valence-corrected chi connectivity index (χ1v) is 7.02. The fraction of sp³-hybridized carbons (Fsp3) is 0.571. The first kappa shape index (κ1) is 14.5. The molecule has 0 aliphatic heterocycles. The molecule has 1 aromatic carbocycles. The van der Waals surface area contributed by atoms with Gasteiger partial charge < -0.3 is 11.1 Å². The summed E-state index contributed by atoms with van der Waals surface area (Å²) in [6, 6.07) is 4.35. The summed E-state index contributed by atoms with van der Waals surface area (Å²) in [6.07, 6.45) is 2.07. The van der Waals surface area contributed by atoms with Crippen molar-refractivity contribution < 1.29 is 0 Å². The molecule has 3 heteroatoms. The molecule has 0 aromatic heterocycles. The Morgan fingerprint density at radius 3 is 2.00 bits per heavy atom. The highest BCUT2D eigenvalue weighted by Crippen LogP contribution is 2.28. The molecule has 1 aromatic rings. The molecule has 0 atom stereocenters. The predicted molar refractivity (Wildman–Crippen MR) is 79.6 cm³/mol. The van der Waals surface area contributed by atoms with Crippen molar-refractivity contribution in [1.29, 1.82) is 0 Å². The molecule has 17 heavy (non-hydrogen) atoms. The minimum Gasteiger partial charge on any atom is -0.378 e. The lowest BCUT2D eigenvalue weighted by molar-refractivity contribution is 0.445. The number of hydrogen-bond acceptors (Lipinski definition) is 2. The Morgan fingerprint density at radius 1 is 1.18 bits per heavy atom. The summed E-state index contributed by atoms with van der Waals surface area (Å²) in [6.45, 7) is 9.26. The molecule has 0 unspecified atom stereocenters. The smallest absolute Gasteiger partial charge is 0.0490 e. The fourth-order valence-corrected chi connectivity index (χ4v) is 2.32. The summed E-state index contributed by atoms with van der Waals surface area (Å²) in [5, 5.41) is 3.60. The minimum absolute atomic E-state index is 0.0205. The second kappa shape index (κ2) is 5.87. The lowest BCUT2D eigenvalue weighted by Crippen LogP contribution is -2.44. The lowest BCUT2D eigenvalue weighted by atomic mass is 9.92. The van der Waals surface area contributed by atoms with Crippen LogP contribution in [0.5, 0.6) is 0 Å². The van der Waals surface area contributed by atoms with Gasteiger partial charge in [0.25, 0.3) is 0 Å². The SMILES string of the molecule is CCC(CC)(CN)Nc1cc(C)c(Br)c(C)c1. The highest BCUT2D eigenvalue weighted by molar-refractivity contribution is 9.10. The summed E-state index contributed by atoms with van der Waals surface area (Å²) in [5.41, 5.74) is 9.61. The van der Waals surface area contributed by atoms with E-state index in [0.29, 0.717) is 6.54 Å². The Labute approximate surface area is 113 Å². The zero-order chi connectivity index (χ0) is 13.1. The van der Waals surface area contributed by atoms with E-state index < -0.39 is 0 Å². The van der Waals surface area contributed by atoms with Gasteiger partial charge in [0.15, 0.2) is 0 Å². The maximum Gasteiger partial charge on any atom is 0.0490 e. The summed E-state index contributed by atoms with van der Waals surface area (Å²) < 4.78 is 1.19. The van der Waals surface area contributed by atoms with Crippen LogP contribution in [0.15, 0.2) is 16.6 Å². The highest BCUT2D eigenvalue weighted by Gasteiger charge is 2.23. The van der Waals surface area contributed by atoms with E-state index in [0.717, 1.165) is 18.5 Å². The van der Waals surface area contributed by atoms with Crippen molar-refractivity contribution in [2.24, 2.45) is 5.73 Å². The van der Waals surface area contributed by atoms with Gasteiger partial charge in [-0.3, -0.25) is 0 Å². The maximum atomic E-state index is 5.91. The first-order chi connectivity index (χ1) is 7.98. The number of nitrogens with one attached hydrogen (secondary N) is 1. The van der Waals surface area contributed by atoms with E-state index in [-0.39, 0.29) is 5.54 Å². The molecule has 0 aliphatic carbocycles. The van der Waals surface area contributed by atoms with Crippen molar-refractivity contribution in [3.05, 3.63) is 27.7 Å². The number of aryl methyl sites for hydroxylation is 2. The number of nitrogens with two attached hydrogens (primary N) is 1. The molecule has 2 nitrogen and oxygen atoms in total. The van der Waals surface area contributed by atoms with Crippen molar-refractivity contribution >= 4 is 21.6 Å². The molecule has 0 bridgehead atoms. The van der Waals surface area contributed by atoms with Gasteiger partial charge in [-0.15, -0.1) is 0 Å². The Bertz CT molecular complexity index is 353.